The minimum absolute atomic E-state index is 0.0677. The van der Waals surface area contributed by atoms with Crippen molar-refractivity contribution in [3.63, 3.8) is 0 Å². The van der Waals surface area contributed by atoms with Crippen molar-refractivity contribution in [1.29, 1.82) is 0 Å². The molecule has 2 aromatic heterocycles. The van der Waals surface area contributed by atoms with Gasteiger partial charge in [0.05, 0.1) is 32.4 Å². The summed E-state index contributed by atoms with van der Waals surface area (Å²) in [5, 5.41) is 4.35. The first-order chi connectivity index (χ1) is 9.24. The smallest absolute Gasteiger partial charge is 0.266 e. The van der Waals surface area contributed by atoms with Crippen molar-refractivity contribution in [3.05, 3.63) is 40.9 Å². The summed E-state index contributed by atoms with van der Waals surface area (Å²) < 4.78 is 6.82. The highest BCUT2D eigenvalue weighted by atomic mass is 16.3. The lowest BCUT2D eigenvalue weighted by Gasteiger charge is -2.15. The van der Waals surface area contributed by atoms with Crippen molar-refractivity contribution in [2.45, 2.75) is 20.4 Å². The van der Waals surface area contributed by atoms with Gasteiger partial charge in [-0.3, -0.25) is 4.79 Å². The standard InChI is InChI=1S/C14H19N3O2/c1-3-16(4-2)9-10-17-14(18)8-7-12(15-17)13-6-5-11-19-13/h5-8,11H,3-4,9-10H2,1-2H3/p+1. The fraction of sp³-hybridized carbons (Fsp3) is 0.429. The predicted molar refractivity (Wildman–Crippen MR) is 73.1 cm³/mol. The molecule has 0 amide bonds. The Labute approximate surface area is 112 Å². The minimum Gasteiger partial charge on any atom is -0.463 e. The summed E-state index contributed by atoms with van der Waals surface area (Å²) in [5.41, 5.74) is 0.626. The minimum atomic E-state index is -0.0677. The van der Waals surface area contributed by atoms with Gasteiger partial charge in [-0.2, -0.15) is 5.10 Å². The summed E-state index contributed by atoms with van der Waals surface area (Å²) in [4.78, 5) is 13.2. The molecular formula is C14H20N3O2+. The van der Waals surface area contributed by atoms with Crippen LogP contribution < -0.4 is 10.5 Å². The van der Waals surface area contributed by atoms with Crippen LogP contribution in [0.2, 0.25) is 0 Å². The van der Waals surface area contributed by atoms with Gasteiger partial charge in [0, 0.05) is 6.07 Å². The maximum atomic E-state index is 11.8. The van der Waals surface area contributed by atoms with Crippen LogP contribution >= 0.6 is 0 Å². The predicted octanol–water partition coefficient (Wildman–Crippen LogP) is 0.428. The fourth-order valence-electron chi connectivity index (χ4n) is 2.03. The van der Waals surface area contributed by atoms with Crippen LogP contribution in [0.4, 0.5) is 0 Å². The van der Waals surface area contributed by atoms with Crippen molar-refractivity contribution < 1.29 is 9.32 Å². The Bertz CT molecular complexity index is 556. The van der Waals surface area contributed by atoms with E-state index in [-0.39, 0.29) is 5.56 Å². The average Bonchev–Trinajstić information content (AvgIpc) is 2.96. The highest BCUT2D eigenvalue weighted by molar-refractivity contribution is 5.50. The molecule has 0 fully saturated rings. The van der Waals surface area contributed by atoms with Gasteiger partial charge >= 0.3 is 0 Å². The van der Waals surface area contributed by atoms with Crippen molar-refractivity contribution in [2.24, 2.45) is 0 Å². The first kappa shape index (κ1) is 13.5. The Morgan fingerprint density at radius 3 is 2.68 bits per heavy atom. The second-order valence-electron chi connectivity index (χ2n) is 4.46. The number of quaternary nitrogens is 1. The maximum absolute atomic E-state index is 11.8. The molecule has 0 saturated carbocycles. The Morgan fingerprint density at radius 2 is 2.05 bits per heavy atom. The second kappa shape index (κ2) is 6.33. The molecule has 0 radical (unpaired) electrons. The number of likely N-dealkylation sites (N-methyl/N-ethyl adjacent to an activating group) is 1. The van der Waals surface area contributed by atoms with E-state index in [0.717, 1.165) is 19.6 Å². The van der Waals surface area contributed by atoms with E-state index in [0.29, 0.717) is 18.0 Å². The third-order valence-corrected chi connectivity index (χ3v) is 3.32. The topological polar surface area (TPSA) is 52.5 Å². The molecule has 0 unspecified atom stereocenters. The molecule has 2 rings (SSSR count). The lowest BCUT2D eigenvalue weighted by molar-refractivity contribution is -0.897. The maximum Gasteiger partial charge on any atom is 0.266 e. The van der Waals surface area contributed by atoms with E-state index >= 15 is 0 Å². The SMILES string of the molecule is CC[NH+](CC)CCn1nc(-c2ccco2)ccc1=O. The van der Waals surface area contributed by atoms with Crippen molar-refractivity contribution in [3.8, 4) is 11.5 Å². The van der Waals surface area contributed by atoms with Gasteiger partial charge in [0.25, 0.3) is 5.56 Å². The van der Waals surface area contributed by atoms with Gasteiger partial charge in [0.1, 0.15) is 5.69 Å². The first-order valence-electron chi connectivity index (χ1n) is 6.70. The van der Waals surface area contributed by atoms with E-state index in [1.165, 1.54) is 9.58 Å². The molecule has 2 aromatic rings. The van der Waals surface area contributed by atoms with E-state index in [9.17, 15) is 4.79 Å². The molecule has 5 heteroatoms. The van der Waals surface area contributed by atoms with Crippen molar-refractivity contribution in [1.82, 2.24) is 9.78 Å². The van der Waals surface area contributed by atoms with E-state index in [1.54, 1.807) is 18.4 Å². The van der Waals surface area contributed by atoms with Crippen molar-refractivity contribution >= 4 is 0 Å². The molecular weight excluding hydrogens is 242 g/mol. The number of rotatable bonds is 6. The van der Waals surface area contributed by atoms with Gasteiger partial charge in [0.15, 0.2) is 5.76 Å². The van der Waals surface area contributed by atoms with Crippen LogP contribution in [0.3, 0.4) is 0 Å². The largest absolute Gasteiger partial charge is 0.463 e. The fourth-order valence-corrected chi connectivity index (χ4v) is 2.03. The molecule has 1 N–H and O–H groups in total. The summed E-state index contributed by atoms with van der Waals surface area (Å²) in [7, 11) is 0. The Kier molecular flexibility index (Phi) is 4.52. The van der Waals surface area contributed by atoms with E-state index in [2.05, 4.69) is 18.9 Å². The summed E-state index contributed by atoms with van der Waals surface area (Å²) >= 11 is 0. The lowest BCUT2D eigenvalue weighted by Crippen LogP contribution is -3.11. The molecule has 0 aliphatic rings. The van der Waals surface area contributed by atoms with Crippen LogP contribution in [0.15, 0.2) is 39.7 Å². The third-order valence-electron chi connectivity index (χ3n) is 3.32. The highest BCUT2D eigenvalue weighted by Crippen LogP contribution is 2.14. The number of nitrogens with one attached hydrogen (secondary N) is 1. The Balaban J connectivity index is 2.16. The summed E-state index contributed by atoms with van der Waals surface area (Å²) in [5.74, 6) is 0.684. The van der Waals surface area contributed by atoms with Gasteiger partial charge < -0.3 is 9.32 Å². The van der Waals surface area contributed by atoms with Crippen LogP contribution in [-0.2, 0) is 6.54 Å². The molecule has 0 aliphatic carbocycles. The molecule has 0 spiro atoms. The van der Waals surface area contributed by atoms with E-state index in [1.807, 2.05) is 12.1 Å². The lowest BCUT2D eigenvalue weighted by atomic mass is 10.3. The zero-order valence-corrected chi connectivity index (χ0v) is 11.4. The number of aromatic nitrogens is 2. The van der Waals surface area contributed by atoms with Gasteiger partial charge in [-0.15, -0.1) is 0 Å². The molecule has 0 atom stereocenters. The van der Waals surface area contributed by atoms with Crippen LogP contribution in [0.5, 0.6) is 0 Å². The van der Waals surface area contributed by atoms with Crippen molar-refractivity contribution in [2.75, 3.05) is 19.6 Å². The van der Waals surface area contributed by atoms with E-state index < -0.39 is 0 Å². The van der Waals surface area contributed by atoms with E-state index in [4.69, 9.17) is 4.42 Å². The van der Waals surface area contributed by atoms with Gasteiger partial charge in [-0.1, -0.05) is 0 Å². The average molecular weight is 262 g/mol. The Hall–Kier alpha value is -1.88. The number of furan rings is 1. The molecule has 0 aromatic carbocycles. The molecule has 19 heavy (non-hydrogen) atoms. The molecule has 0 saturated heterocycles. The first-order valence-corrected chi connectivity index (χ1v) is 6.70. The molecule has 102 valence electrons. The highest BCUT2D eigenvalue weighted by Gasteiger charge is 2.08. The third kappa shape index (κ3) is 3.32. The van der Waals surface area contributed by atoms with Gasteiger partial charge in [-0.25, -0.2) is 4.68 Å². The normalized spacial score (nSPS) is 11.1. The number of nitrogens with zero attached hydrogens (tertiary/aromatic N) is 2. The second-order valence-corrected chi connectivity index (χ2v) is 4.46. The molecule has 5 nitrogen and oxygen atoms in total. The quantitative estimate of drug-likeness (QED) is 0.821. The molecule has 0 bridgehead atoms. The summed E-state index contributed by atoms with van der Waals surface area (Å²) in [6.07, 6.45) is 1.60. The van der Waals surface area contributed by atoms with Crippen LogP contribution in [0.25, 0.3) is 11.5 Å². The summed E-state index contributed by atoms with van der Waals surface area (Å²) in [6.45, 7) is 7.95. The zero-order valence-electron chi connectivity index (χ0n) is 11.4. The number of hydrogen-bond donors (Lipinski definition) is 1. The molecule has 2 heterocycles. The monoisotopic (exact) mass is 262 g/mol. The number of hydrogen-bond acceptors (Lipinski definition) is 3. The van der Waals surface area contributed by atoms with Crippen LogP contribution in [0, 0.1) is 0 Å². The van der Waals surface area contributed by atoms with Gasteiger partial charge in [0.2, 0.25) is 0 Å². The summed E-state index contributed by atoms with van der Waals surface area (Å²) in [6, 6.07) is 6.89. The van der Waals surface area contributed by atoms with Crippen LogP contribution in [0.1, 0.15) is 13.8 Å². The van der Waals surface area contributed by atoms with Gasteiger partial charge in [-0.05, 0) is 32.0 Å². The van der Waals surface area contributed by atoms with Crippen LogP contribution in [-0.4, -0.2) is 29.4 Å². The Morgan fingerprint density at radius 1 is 1.26 bits per heavy atom. The zero-order chi connectivity index (χ0) is 13.7. The molecule has 0 aliphatic heterocycles.